The number of nitrogens with one attached hydrogen (secondary N) is 2. The van der Waals surface area contributed by atoms with E-state index < -0.39 is 94.2 Å². The van der Waals surface area contributed by atoms with Gasteiger partial charge in [0.1, 0.15) is 37.2 Å². The van der Waals surface area contributed by atoms with E-state index in [9.17, 15) is 49.8 Å². The van der Waals surface area contributed by atoms with Crippen LogP contribution in [0.25, 0.3) is 0 Å². The summed E-state index contributed by atoms with van der Waals surface area (Å²) in [5.74, 6) is 1.90. The number of hydrogen-bond donors (Lipinski definition) is 8. The number of carbonyl (C=O) groups is 4. The smallest absolute Gasteiger partial charge is 0.331 e. The van der Waals surface area contributed by atoms with Crippen LogP contribution in [0.1, 0.15) is 138 Å². The minimum absolute atomic E-state index is 0.0226. The van der Waals surface area contributed by atoms with Crippen molar-refractivity contribution in [1.82, 2.24) is 30.2 Å². The number of piperazine rings is 2. The van der Waals surface area contributed by atoms with Gasteiger partial charge in [0, 0.05) is 95.0 Å². The lowest BCUT2D eigenvalue weighted by molar-refractivity contribution is -0.186. The quantitative estimate of drug-likeness (QED) is 0.0626. The van der Waals surface area contributed by atoms with Crippen molar-refractivity contribution < 1.29 is 107 Å². The molecule has 0 saturated carbocycles. The van der Waals surface area contributed by atoms with Gasteiger partial charge in [-0.3, -0.25) is 39.8 Å². The minimum Gasteiger partial charge on any atom is -0.504 e. The van der Waals surface area contributed by atoms with Gasteiger partial charge in [-0.1, -0.05) is 12.1 Å². The summed E-state index contributed by atoms with van der Waals surface area (Å²) in [5.41, 5.74) is 8.71. The Hall–Kier alpha value is -8.82. The van der Waals surface area contributed by atoms with E-state index in [0.29, 0.717) is 140 Å². The number of likely N-dealkylation sites (N-methyl/N-ethyl adjacent to an activating group) is 2. The summed E-state index contributed by atoms with van der Waals surface area (Å²) in [7, 11) is 9.91. The number of fused-ring (bicyclic) bond motifs is 18. The number of phenolic OH excluding ortho intramolecular Hbond substituents is 4. The van der Waals surface area contributed by atoms with Crippen LogP contribution in [0.4, 0.5) is 0 Å². The number of rotatable bonds is 6. The number of phenols is 4. The molecule has 0 radical (unpaired) electrons. The number of thioether (sulfide) groups is 2. The van der Waals surface area contributed by atoms with Gasteiger partial charge in [0.2, 0.25) is 13.6 Å². The van der Waals surface area contributed by atoms with Crippen LogP contribution in [-0.4, -0.2) is 205 Å². The molecule has 2 spiro atoms. The fraction of sp³-hybridized carbons (Fsp3) is 0.487. The number of methoxy groups -OCH3 is 4. The Bertz CT molecular complexity index is 4550. The van der Waals surface area contributed by atoms with Gasteiger partial charge >= 0.3 is 23.9 Å². The molecule has 14 heterocycles. The number of benzene rings is 6. The highest BCUT2D eigenvalue weighted by Gasteiger charge is 2.65. The third-order valence-electron chi connectivity index (χ3n) is 24.5. The van der Waals surface area contributed by atoms with E-state index in [4.69, 9.17) is 56.8 Å². The molecule has 0 aliphatic carbocycles. The molecule has 4 saturated heterocycles. The number of ether oxygens (including phenoxy) is 12. The first-order chi connectivity index (χ1) is 51.8. The molecule has 0 amide bonds. The minimum atomic E-state index is -1.36. The summed E-state index contributed by atoms with van der Waals surface area (Å²) < 4.78 is 71.9. The fourth-order valence-electron chi connectivity index (χ4n) is 20.0. The number of aliphatic hydroxyl groups is 2. The Morgan fingerprint density at radius 3 is 1.27 bits per heavy atom. The second kappa shape index (κ2) is 26.5. The molecule has 6 aromatic rings. The second-order valence-corrected chi connectivity index (χ2v) is 32.1. The van der Waals surface area contributed by atoms with Crippen molar-refractivity contribution in [1.29, 1.82) is 0 Å². The van der Waals surface area contributed by atoms with E-state index in [1.54, 1.807) is 24.3 Å². The van der Waals surface area contributed by atoms with Gasteiger partial charge in [0.15, 0.2) is 80.1 Å². The Kier molecular flexibility index (Phi) is 17.7. The van der Waals surface area contributed by atoms with Crippen molar-refractivity contribution in [3.63, 3.8) is 0 Å². The zero-order chi connectivity index (χ0) is 75.9. The largest absolute Gasteiger partial charge is 0.504 e. The standard InChI is InChI=1S/2C39H43N3O11S/c2*1-16-9-20-10-22-37(46)42-23-13-50-38(47)39(21-12-25(48-5)24(44)11-19(21)7-8-40-39)14-54-36(30(42)29(41(22)4)26(20)31(45)32(16)49-6)28-27(23)35-34(51-15-52-35)17(2)33(28)53-18(3)43/h2*9,11-12,22-23,29-30,36-37,40,44-46H,7-8,10,13-15H2,1-6H3/t2*22-,23-,29+,30+,36+,37-,39+/m00/s1. The highest BCUT2D eigenvalue weighted by atomic mass is 32.2. The first kappa shape index (κ1) is 72.1. The number of aliphatic hydroxyl groups excluding tert-OH is 2. The van der Waals surface area contributed by atoms with Gasteiger partial charge in [-0.25, -0.2) is 9.59 Å². The lowest BCUT2D eigenvalue weighted by Gasteiger charge is -2.62. The molecule has 30 heteroatoms. The number of carbonyl (C=O) groups excluding carboxylic acids is 4. The fourth-order valence-corrected chi connectivity index (χ4v) is 23.4. The predicted octanol–water partition coefficient (Wildman–Crippen LogP) is 6.83. The van der Waals surface area contributed by atoms with Crippen LogP contribution >= 0.6 is 23.5 Å². The molecule has 20 rings (SSSR count). The number of aromatic hydroxyl groups is 4. The van der Waals surface area contributed by atoms with E-state index in [-0.39, 0.29) is 84.9 Å². The molecule has 8 bridgehead atoms. The van der Waals surface area contributed by atoms with Crippen molar-refractivity contribution >= 4 is 47.4 Å². The monoisotopic (exact) mass is 1520 g/mol. The van der Waals surface area contributed by atoms with Gasteiger partial charge < -0.3 is 87.5 Å². The second-order valence-electron chi connectivity index (χ2n) is 29.9. The van der Waals surface area contributed by atoms with E-state index in [1.807, 2.05) is 63.7 Å². The summed E-state index contributed by atoms with van der Waals surface area (Å²) in [5, 5.41) is 76.4. The maximum absolute atomic E-state index is 14.7. The predicted molar refractivity (Wildman–Crippen MR) is 389 cm³/mol. The van der Waals surface area contributed by atoms with Crippen LogP contribution in [0.3, 0.4) is 0 Å². The first-order valence-corrected chi connectivity index (χ1v) is 38.2. The lowest BCUT2D eigenvalue weighted by Crippen LogP contribution is -2.70. The van der Waals surface area contributed by atoms with Crippen LogP contribution in [0, 0.1) is 27.7 Å². The molecular formula is C78H86N6O22S2. The Balaban J connectivity index is 0.000000158. The summed E-state index contributed by atoms with van der Waals surface area (Å²) in [6.45, 7) is 10.5. The SMILES string of the molecule is COc1cc2c(cc1O)CCN[C@]21CS[C@@H]2c3c(OC(C)=O)c(C)c4c(c3[C@H](COC1=O)N1[C@@H]2[C@H]2c3c(cc(C)c(OC)c3O)C[C@@H]([C@@H]1O)N2C)OCO4.COc1cc2c(cc1O)CCN[C@]21CS[C@@H]2c3c(OC(C)=O)c(C)c4c(c3[C@H](COC1=O)N1[C@@H]2[C@H]2c3c(cc(C)c(OC)c3O)C[C@@H]([C@@H]1O)N2C)OCO4. The maximum Gasteiger partial charge on any atom is 0.331 e. The summed E-state index contributed by atoms with van der Waals surface area (Å²) in [6, 6.07) is 6.27. The molecule has 14 aliphatic heterocycles. The van der Waals surface area contributed by atoms with Crippen LogP contribution in [0.2, 0.25) is 0 Å². The Morgan fingerprint density at radius 1 is 0.509 bits per heavy atom. The normalized spacial score (nSPS) is 29.4. The van der Waals surface area contributed by atoms with Gasteiger partial charge in [-0.15, -0.1) is 23.5 Å². The molecule has 4 fully saturated rings. The zero-order valence-corrected chi connectivity index (χ0v) is 63.3. The van der Waals surface area contributed by atoms with Crippen molar-refractivity contribution in [2.45, 2.75) is 150 Å². The molecule has 28 nitrogen and oxygen atoms in total. The van der Waals surface area contributed by atoms with Crippen molar-refractivity contribution in [2.75, 3.05) is 93.9 Å². The number of hydrogen-bond acceptors (Lipinski definition) is 30. The van der Waals surface area contributed by atoms with Gasteiger partial charge in [-0.2, -0.15) is 0 Å². The number of aryl methyl sites for hydroxylation is 2. The molecular weight excluding hydrogens is 1440 g/mol. The molecule has 6 aromatic carbocycles. The van der Waals surface area contributed by atoms with Gasteiger partial charge in [0.25, 0.3) is 0 Å². The summed E-state index contributed by atoms with van der Waals surface area (Å²) >= 11 is 2.94. The van der Waals surface area contributed by atoms with Crippen LogP contribution in [0.15, 0.2) is 36.4 Å². The van der Waals surface area contributed by atoms with E-state index in [1.165, 1.54) is 65.8 Å². The Labute approximate surface area is 630 Å². The molecule has 14 aliphatic rings. The summed E-state index contributed by atoms with van der Waals surface area (Å²) in [6.07, 6.45) is -0.0565. The molecule has 0 aromatic heterocycles. The molecule has 14 atom stereocenters. The highest BCUT2D eigenvalue weighted by molar-refractivity contribution is 7.99. The maximum atomic E-state index is 14.7. The van der Waals surface area contributed by atoms with Crippen LogP contribution < -0.4 is 58.0 Å². The molecule has 8 N–H and O–H groups in total. The zero-order valence-electron chi connectivity index (χ0n) is 61.7. The first-order valence-electron chi connectivity index (χ1n) is 36.1. The highest BCUT2D eigenvalue weighted by Crippen LogP contribution is 2.68. The van der Waals surface area contributed by atoms with Crippen molar-refractivity contribution in [3.05, 3.63) is 125 Å². The molecule has 0 unspecified atom stereocenters. The topological polar surface area (TPSA) is 337 Å². The van der Waals surface area contributed by atoms with Gasteiger partial charge in [-0.05, 0) is 136 Å². The van der Waals surface area contributed by atoms with E-state index in [2.05, 4.69) is 20.4 Å². The van der Waals surface area contributed by atoms with Crippen molar-refractivity contribution in [3.8, 4) is 80.5 Å². The van der Waals surface area contributed by atoms with E-state index >= 15 is 0 Å². The molecule has 108 heavy (non-hydrogen) atoms. The van der Waals surface area contributed by atoms with Crippen LogP contribution in [0.5, 0.6) is 80.5 Å². The number of esters is 4. The average molecular weight is 1520 g/mol. The molecule has 572 valence electrons. The van der Waals surface area contributed by atoms with Crippen molar-refractivity contribution in [2.24, 2.45) is 0 Å². The van der Waals surface area contributed by atoms with Crippen LogP contribution in [-0.2, 0) is 65.4 Å². The number of nitrogens with zero attached hydrogens (tertiary/aromatic N) is 4. The third kappa shape index (κ3) is 10.3. The van der Waals surface area contributed by atoms with E-state index in [0.717, 1.165) is 33.4 Å². The average Bonchev–Trinajstić information content (AvgIpc) is 0.945. The lowest BCUT2D eigenvalue weighted by atomic mass is 9.73. The van der Waals surface area contributed by atoms with Gasteiger partial charge in [0.05, 0.1) is 75.2 Å². The Morgan fingerprint density at radius 2 is 0.898 bits per heavy atom. The summed E-state index contributed by atoms with van der Waals surface area (Å²) in [4.78, 5) is 63.4. The third-order valence-corrected chi connectivity index (χ3v) is 27.5.